The number of piperazine rings is 1. The number of aromatic nitrogens is 4. The predicted octanol–water partition coefficient (Wildman–Crippen LogP) is 3.48. The highest BCUT2D eigenvalue weighted by Crippen LogP contribution is 2.30. The van der Waals surface area contributed by atoms with Crippen molar-refractivity contribution in [1.82, 2.24) is 19.9 Å². The Balaban J connectivity index is 1.44. The number of fused-ring (bicyclic) bond motifs is 1. The molecule has 4 aromatic rings. The second-order valence-electron chi connectivity index (χ2n) is 6.76. The summed E-state index contributed by atoms with van der Waals surface area (Å²) in [5.41, 5.74) is 0.974. The lowest BCUT2D eigenvalue weighted by Crippen LogP contribution is -2.47. The monoisotopic (exact) mass is 404 g/mol. The van der Waals surface area contributed by atoms with Gasteiger partial charge in [-0.05, 0) is 23.6 Å². The first-order valence-electron chi connectivity index (χ1n) is 9.48. The lowest BCUT2D eigenvalue weighted by Gasteiger charge is -2.36. The molecule has 1 aliphatic heterocycles. The van der Waals surface area contributed by atoms with Gasteiger partial charge in [-0.3, -0.25) is 4.98 Å². The van der Waals surface area contributed by atoms with E-state index < -0.39 is 0 Å². The minimum atomic E-state index is 0.535. The quantitative estimate of drug-likeness (QED) is 0.516. The van der Waals surface area contributed by atoms with Crippen LogP contribution >= 0.6 is 11.3 Å². The average molecular weight is 404 g/mol. The molecule has 29 heavy (non-hydrogen) atoms. The Hall–Kier alpha value is -3.26. The molecule has 0 saturated carbocycles. The molecule has 1 aliphatic rings. The maximum absolute atomic E-state index is 5.21. The molecule has 5 rings (SSSR count). The molecule has 146 valence electrons. The van der Waals surface area contributed by atoms with E-state index in [0.29, 0.717) is 5.88 Å². The number of benzene rings is 1. The first kappa shape index (κ1) is 17.8. The van der Waals surface area contributed by atoms with Gasteiger partial charge in [-0.2, -0.15) is 4.98 Å². The molecule has 1 fully saturated rings. The van der Waals surface area contributed by atoms with Crippen LogP contribution in [0.2, 0.25) is 0 Å². The van der Waals surface area contributed by atoms with E-state index in [4.69, 9.17) is 14.7 Å². The second-order valence-corrected chi connectivity index (χ2v) is 7.71. The summed E-state index contributed by atoms with van der Waals surface area (Å²) in [6.45, 7) is 3.39. The molecule has 8 heteroatoms. The van der Waals surface area contributed by atoms with Crippen molar-refractivity contribution in [3.05, 3.63) is 54.2 Å². The van der Waals surface area contributed by atoms with Crippen LogP contribution in [0.5, 0.6) is 5.88 Å². The third-order valence-electron chi connectivity index (χ3n) is 5.04. The zero-order chi connectivity index (χ0) is 19.6. The van der Waals surface area contributed by atoms with Crippen molar-refractivity contribution in [2.45, 2.75) is 0 Å². The van der Waals surface area contributed by atoms with Gasteiger partial charge in [-0.25, -0.2) is 9.97 Å². The van der Waals surface area contributed by atoms with Gasteiger partial charge in [0.25, 0.3) is 0 Å². The SMILES string of the molecule is COc1cncc(N2CCN(c3nc(-c4cccs4)nc4ccccc34)CC2)n1. The fraction of sp³-hybridized carbons (Fsp3) is 0.238. The Morgan fingerprint density at radius 3 is 2.52 bits per heavy atom. The molecule has 0 radical (unpaired) electrons. The van der Waals surface area contributed by atoms with Crippen LogP contribution in [0.3, 0.4) is 0 Å². The molecule has 0 amide bonds. The first-order chi connectivity index (χ1) is 14.3. The molecule has 0 N–H and O–H groups in total. The smallest absolute Gasteiger partial charge is 0.233 e. The topological polar surface area (TPSA) is 67.3 Å². The maximum atomic E-state index is 5.21. The highest BCUT2D eigenvalue weighted by molar-refractivity contribution is 7.13. The molecule has 0 bridgehead atoms. The van der Waals surface area contributed by atoms with E-state index in [-0.39, 0.29) is 0 Å². The minimum absolute atomic E-state index is 0.535. The molecule has 1 saturated heterocycles. The Morgan fingerprint density at radius 2 is 1.72 bits per heavy atom. The van der Waals surface area contributed by atoms with E-state index in [1.807, 2.05) is 18.2 Å². The zero-order valence-corrected chi connectivity index (χ0v) is 16.8. The van der Waals surface area contributed by atoms with E-state index in [0.717, 1.165) is 59.4 Å². The van der Waals surface area contributed by atoms with Crippen LogP contribution in [-0.2, 0) is 0 Å². The van der Waals surface area contributed by atoms with Crippen LogP contribution < -0.4 is 14.5 Å². The Morgan fingerprint density at radius 1 is 0.897 bits per heavy atom. The van der Waals surface area contributed by atoms with E-state index in [1.165, 1.54) is 0 Å². The summed E-state index contributed by atoms with van der Waals surface area (Å²) < 4.78 is 5.21. The molecular weight excluding hydrogens is 384 g/mol. The van der Waals surface area contributed by atoms with Crippen molar-refractivity contribution in [2.24, 2.45) is 0 Å². The molecule has 0 aliphatic carbocycles. The van der Waals surface area contributed by atoms with Gasteiger partial charge in [0.1, 0.15) is 5.82 Å². The van der Waals surface area contributed by atoms with Crippen LogP contribution in [0.4, 0.5) is 11.6 Å². The highest BCUT2D eigenvalue weighted by atomic mass is 32.1. The van der Waals surface area contributed by atoms with Gasteiger partial charge in [0.05, 0.1) is 29.9 Å². The van der Waals surface area contributed by atoms with Gasteiger partial charge in [-0.15, -0.1) is 11.3 Å². The van der Waals surface area contributed by atoms with Crippen LogP contribution in [0.25, 0.3) is 21.6 Å². The molecule has 0 spiro atoms. The third kappa shape index (κ3) is 3.47. The number of ether oxygens (including phenoxy) is 1. The number of nitrogens with zero attached hydrogens (tertiary/aromatic N) is 6. The van der Waals surface area contributed by atoms with Crippen molar-refractivity contribution in [1.29, 1.82) is 0 Å². The van der Waals surface area contributed by atoms with Gasteiger partial charge in [0.15, 0.2) is 11.6 Å². The summed E-state index contributed by atoms with van der Waals surface area (Å²) in [6.07, 6.45) is 3.41. The van der Waals surface area contributed by atoms with Crippen LogP contribution in [0, 0.1) is 0 Å². The normalized spacial score (nSPS) is 14.4. The number of para-hydroxylation sites is 1. The van der Waals surface area contributed by atoms with Crippen LogP contribution in [0.15, 0.2) is 54.2 Å². The summed E-state index contributed by atoms with van der Waals surface area (Å²) in [5, 5.41) is 3.14. The number of anilines is 2. The second kappa shape index (κ2) is 7.63. The summed E-state index contributed by atoms with van der Waals surface area (Å²) in [4.78, 5) is 24.1. The van der Waals surface area contributed by atoms with Crippen molar-refractivity contribution in [2.75, 3.05) is 43.1 Å². The Bertz CT molecular complexity index is 1130. The van der Waals surface area contributed by atoms with Crippen molar-refractivity contribution < 1.29 is 4.74 Å². The van der Waals surface area contributed by atoms with Crippen LogP contribution in [0.1, 0.15) is 0 Å². The Labute approximate surface area is 172 Å². The zero-order valence-electron chi connectivity index (χ0n) is 16.0. The van der Waals surface area contributed by atoms with E-state index in [2.05, 4.69) is 43.3 Å². The van der Waals surface area contributed by atoms with Gasteiger partial charge in [-0.1, -0.05) is 18.2 Å². The number of methoxy groups -OCH3 is 1. The number of rotatable bonds is 4. The maximum Gasteiger partial charge on any atom is 0.233 e. The van der Waals surface area contributed by atoms with Gasteiger partial charge in [0, 0.05) is 31.6 Å². The first-order valence-corrected chi connectivity index (χ1v) is 10.4. The largest absolute Gasteiger partial charge is 0.480 e. The van der Waals surface area contributed by atoms with E-state index in [1.54, 1.807) is 30.8 Å². The van der Waals surface area contributed by atoms with Gasteiger partial charge >= 0.3 is 0 Å². The summed E-state index contributed by atoms with van der Waals surface area (Å²) in [5.74, 6) is 3.16. The summed E-state index contributed by atoms with van der Waals surface area (Å²) in [7, 11) is 1.61. The minimum Gasteiger partial charge on any atom is -0.480 e. The van der Waals surface area contributed by atoms with Gasteiger partial charge in [0.2, 0.25) is 5.88 Å². The molecule has 0 unspecified atom stereocenters. The third-order valence-corrected chi connectivity index (χ3v) is 5.90. The fourth-order valence-corrected chi connectivity index (χ4v) is 4.21. The molecular formula is C21H20N6OS. The van der Waals surface area contributed by atoms with Crippen molar-refractivity contribution in [3.63, 3.8) is 0 Å². The van der Waals surface area contributed by atoms with Crippen molar-refractivity contribution >= 4 is 33.9 Å². The molecule has 0 atom stereocenters. The van der Waals surface area contributed by atoms with E-state index >= 15 is 0 Å². The van der Waals surface area contributed by atoms with Gasteiger partial charge < -0.3 is 14.5 Å². The van der Waals surface area contributed by atoms with E-state index in [9.17, 15) is 0 Å². The lowest BCUT2D eigenvalue weighted by atomic mass is 10.2. The fourth-order valence-electron chi connectivity index (χ4n) is 3.55. The molecule has 3 aromatic heterocycles. The predicted molar refractivity (Wildman–Crippen MR) is 116 cm³/mol. The molecule has 4 heterocycles. The molecule has 1 aromatic carbocycles. The molecule has 7 nitrogen and oxygen atoms in total. The highest BCUT2D eigenvalue weighted by Gasteiger charge is 2.22. The van der Waals surface area contributed by atoms with Crippen LogP contribution in [-0.4, -0.2) is 53.2 Å². The lowest BCUT2D eigenvalue weighted by molar-refractivity contribution is 0.395. The Kier molecular flexibility index (Phi) is 4.69. The average Bonchev–Trinajstić information content (AvgIpc) is 3.34. The standard InChI is InChI=1S/C21H20N6OS/c1-28-19-14-22-13-18(24-19)26-8-10-27(11-9-26)21-15-5-2-3-6-16(15)23-20(25-21)17-7-4-12-29-17/h2-7,12-14H,8-11H2,1H3. The number of thiophene rings is 1. The van der Waals surface area contributed by atoms with Crippen molar-refractivity contribution in [3.8, 4) is 16.6 Å². The number of hydrogen-bond acceptors (Lipinski definition) is 8. The summed E-state index contributed by atoms with van der Waals surface area (Å²) >= 11 is 1.66. The number of hydrogen-bond donors (Lipinski definition) is 0. The summed E-state index contributed by atoms with van der Waals surface area (Å²) in [6, 6.07) is 12.3.